The van der Waals surface area contributed by atoms with Crippen molar-refractivity contribution in [2.75, 3.05) is 7.11 Å². The zero-order valence-corrected chi connectivity index (χ0v) is 10.1. The fraction of sp³-hybridized carbons (Fsp3) is 0.0833. The van der Waals surface area contributed by atoms with Gasteiger partial charge in [-0.05, 0) is 24.3 Å². The third kappa shape index (κ3) is 2.41. The molecule has 0 aliphatic rings. The first-order chi connectivity index (χ1) is 8.61. The molecule has 0 aliphatic carbocycles. The van der Waals surface area contributed by atoms with Gasteiger partial charge in [0.05, 0.1) is 12.1 Å². The van der Waals surface area contributed by atoms with Gasteiger partial charge in [-0.25, -0.2) is 4.79 Å². The summed E-state index contributed by atoms with van der Waals surface area (Å²) in [7, 11) is 1.23. The minimum atomic E-state index is -0.641. The number of ketones is 1. The molecular formula is C12H8ClNO4. The number of nitrogens with zero attached hydrogens (tertiary/aromatic N) is 1. The molecule has 0 aliphatic heterocycles. The number of hydrogen-bond donors (Lipinski definition) is 0. The summed E-state index contributed by atoms with van der Waals surface area (Å²) in [6.07, 6.45) is 1.36. The van der Waals surface area contributed by atoms with Crippen LogP contribution >= 0.6 is 11.6 Å². The minimum Gasteiger partial charge on any atom is -0.463 e. The number of furan rings is 1. The van der Waals surface area contributed by atoms with Crippen molar-refractivity contribution in [3.63, 3.8) is 0 Å². The Bertz CT molecular complexity index is 588. The van der Waals surface area contributed by atoms with Gasteiger partial charge in [0.1, 0.15) is 5.69 Å². The molecule has 0 saturated carbocycles. The SMILES string of the molecule is COC(=O)c1ccc(C(=O)c2ccc(Cl)cn2)o1. The van der Waals surface area contributed by atoms with Crippen LogP contribution in [-0.4, -0.2) is 23.8 Å². The van der Waals surface area contributed by atoms with Crippen LogP contribution in [0, 0.1) is 0 Å². The van der Waals surface area contributed by atoms with E-state index in [9.17, 15) is 9.59 Å². The number of pyridine rings is 1. The summed E-state index contributed by atoms with van der Waals surface area (Å²) in [5.41, 5.74) is 0.185. The normalized spacial score (nSPS) is 10.1. The lowest BCUT2D eigenvalue weighted by molar-refractivity contribution is 0.0563. The Morgan fingerprint density at radius 1 is 1.22 bits per heavy atom. The Kier molecular flexibility index (Phi) is 3.43. The Morgan fingerprint density at radius 3 is 2.56 bits per heavy atom. The first kappa shape index (κ1) is 12.3. The van der Waals surface area contributed by atoms with Crippen LogP contribution < -0.4 is 0 Å². The maximum Gasteiger partial charge on any atom is 0.373 e. The Hall–Kier alpha value is -2.14. The molecule has 18 heavy (non-hydrogen) atoms. The maximum atomic E-state index is 11.9. The number of hydrogen-bond acceptors (Lipinski definition) is 5. The van der Waals surface area contributed by atoms with E-state index >= 15 is 0 Å². The predicted molar refractivity (Wildman–Crippen MR) is 62.7 cm³/mol. The number of carbonyl (C=O) groups is 2. The lowest BCUT2D eigenvalue weighted by atomic mass is 10.2. The van der Waals surface area contributed by atoms with E-state index in [0.29, 0.717) is 5.02 Å². The quantitative estimate of drug-likeness (QED) is 0.629. The molecule has 2 aromatic heterocycles. The van der Waals surface area contributed by atoms with Crippen molar-refractivity contribution in [3.05, 3.63) is 52.7 Å². The molecule has 2 rings (SSSR count). The average Bonchev–Trinajstić information content (AvgIpc) is 2.87. The topological polar surface area (TPSA) is 69.4 Å². The molecule has 0 unspecified atom stereocenters. The molecule has 5 nitrogen and oxygen atoms in total. The Morgan fingerprint density at radius 2 is 1.94 bits per heavy atom. The highest BCUT2D eigenvalue weighted by molar-refractivity contribution is 6.30. The highest BCUT2D eigenvalue weighted by Gasteiger charge is 2.18. The Balaban J connectivity index is 2.26. The summed E-state index contributed by atoms with van der Waals surface area (Å²) in [6, 6.07) is 5.79. The molecule has 2 heterocycles. The van der Waals surface area contributed by atoms with E-state index in [1.54, 1.807) is 6.07 Å². The average molecular weight is 266 g/mol. The molecule has 0 bridgehead atoms. The summed E-state index contributed by atoms with van der Waals surface area (Å²) >= 11 is 5.67. The zero-order valence-electron chi connectivity index (χ0n) is 9.34. The van der Waals surface area contributed by atoms with Crippen LogP contribution in [0.15, 0.2) is 34.9 Å². The molecule has 0 radical (unpaired) electrons. The van der Waals surface area contributed by atoms with Gasteiger partial charge in [-0.3, -0.25) is 9.78 Å². The van der Waals surface area contributed by atoms with Gasteiger partial charge in [0, 0.05) is 6.20 Å². The molecule has 2 aromatic rings. The standard InChI is InChI=1S/C12H8ClNO4/c1-17-12(16)10-5-4-9(18-10)11(15)8-3-2-7(13)6-14-8/h2-6H,1H3. The lowest BCUT2D eigenvalue weighted by Gasteiger charge is -1.97. The number of carbonyl (C=O) groups excluding carboxylic acids is 2. The van der Waals surface area contributed by atoms with E-state index in [0.717, 1.165) is 0 Å². The third-order valence-corrected chi connectivity index (χ3v) is 2.40. The van der Waals surface area contributed by atoms with E-state index in [2.05, 4.69) is 9.72 Å². The van der Waals surface area contributed by atoms with Gasteiger partial charge >= 0.3 is 5.97 Å². The summed E-state index contributed by atoms with van der Waals surface area (Å²) in [5, 5.41) is 0.432. The van der Waals surface area contributed by atoms with Crippen molar-refractivity contribution < 1.29 is 18.7 Å². The molecule has 6 heteroatoms. The first-order valence-electron chi connectivity index (χ1n) is 4.96. The van der Waals surface area contributed by atoms with Crippen LogP contribution in [0.3, 0.4) is 0 Å². The van der Waals surface area contributed by atoms with Crippen molar-refractivity contribution in [3.8, 4) is 0 Å². The van der Waals surface area contributed by atoms with Gasteiger partial charge in [-0.2, -0.15) is 0 Å². The van der Waals surface area contributed by atoms with Crippen molar-refractivity contribution >= 4 is 23.4 Å². The second-order valence-corrected chi connectivity index (χ2v) is 3.78. The van der Waals surface area contributed by atoms with E-state index < -0.39 is 11.8 Å². The van der Waals surface area contributed by atoms with Crippen molar-refractivity contribution in [1.29, 1.82) is 0 Å². The molecular weight excluding hydrogens is 258 g/mol. The summed E-state index contributed by atoms with van der Waals surface area (Å²) in [5.74, 6) is -1.08. The third-order valence-electron chi connectivity index (χ3n) is 2.18. The van der Waals surface area contributed by atoms with Gasteiger partial charge in [-0.15, -0.1) is 0 Å². The molecule has 0 N–H and O–H groups in total. The van der Waals surface area contributed by atoms with E-state index in [1.165, 1.54) is 31.5 Å². The van der Waals surface area contributed by atoms with Crippen molar-refractivity contribution in [2.45, 2.75) is 0 Å². The van der Waals surface area contributed by atoms with Gasteiger partial charge in [0.2, 0.25) is 11.5 Å². The predicted octanol–water partition coefficient (Wildman–Crippen LogP) is 2.35. The maximum absolute atomic E-state index is 11.9. The first-order valence-corrected chi connectivity index (χ1v) is 5.34. The fourth-order valence-corrected chi connectivity index (χ4v) is 1.42. The zero-order chi connectivity index (χ0) is 13.1. The van der Waals surface area contributed by atoms with Crippen LogP contribution in [-0.2, 0) is 4.74 Å². The van der Waals surface area contributed by atoms with E-state index in [4.69, 9.17) is 16.0 Å². The van der Waals surface area contributed by atoms with E-state index in [1.807, 2.05) is 0 Å². The second-order valence-electron chi connectivity index (χ2n) is 3.35. The van der Waals surface area contributed by atoms with Crippen molar-refractivity contribution in [1.82, 2.24) is 4.98 Å². The molecule has 0 fully saturated rings. The van der Waals surface area contributed by atoms with Crippen LogP contribution in [0.2, 0.25) is 5.02 Å². The summed E-state index contributed by atoms with van der Waals surface area (Å²) in [4.78, 5) is 27.0. The van der Waals surface area contributed by atoms with E-state index in [-0.39, 0.29) is 17.2 Å². The molecule has 0 spiro atoms. The molecule has 92 valence electrons. The lowest BCUT2D eigenvalue weighted by Crippen LogP contribution is -2.03. The Labute approximate surface area is 107 Å². The van der Waals surface area contributed by atoms with Crippen LogP contribution in [0.4, 0.5) is 0 Å². The van der Waals surface area contributed by atoms with Crippen molar-refractivity contribution in [2.24, 2.45) is 0 Å². The highest BCUT2D eigenvalue weighted by Crippen LogP contribution is 2.14. The molecule has 0 amide bonds. The number of aromatic nitrogens is 1. The molecule has 0 saturated heterocycles. The van der Waals surface area contributed by atoms with Gasteiger partial charge in [-0.1, -0.05) is 11.6 Å². The number of ether oxygens (including phenoxy) is 1. The number of halogens is 1. The summed E-state index contributed by atoms with van der Waals surface area (Å²) < 4.78 is 9.56. The smallest absolute Gasteiger partial charge is 0.373 e. The highest BCUT2D eigenvalue weighted by atomic mass is 35.5. The number of esters is 1. The van der Waals surface area contributed by atoms with Gasteiger partial charge < -0.3 is 9.15 Å². The molecule has 0 aromatic carbocycles. The monoisotopic (exact) mass is 265 g/mol. The fourth-order valence-electron chi connectivity index (χ4n) is 1.31. The number of methoxy groups -OCH3 is 1. The summed E-state index contributed by atoms with van der Waals surface area (Å²) in [6.45, 7) is 0. The minimum absolute atomic E-state index is 0.0187. The molecule has 0 atom stereocenters. The largest absolute Gasteiger partial charge is 0.463 e. The number of rotatable bonds is 3. The van der Waals surface area contributed by atoms with Crippen LogP contribution in [0.1, 0.15) is 26.8 Å². The van der Waals surface area contributed by atoms with Crippen LogP contribution in [0.25, 0.3) is 0 Å². The van der Waals surface area contributed by atoms with Gasteiger partial charge in [0.15, 0.2) is 5.76 Å². The van der Waals surface area contributed by atoms with Crippen LogP contribution in [0.5, 0.6) is 0 Å². The van der Waals surface area contributed by atoms with Gasteiger partial charge in [0.25, 0.3) is 0 Å². The second kappa shape index (κ2) is 5.01.